The van der Waals surface area contributed by atoms with Crippen molar-refractivity contribution in [3.05, 3.63) is 61.1 Å². The Morgan fingerprint density at radius 2 is 2.24 bits per heavy atom. The Morgan fingerprint density at radius 1 is 1.33 bits per heavy atom. The summed E-state index contributed by atoms with van der Waals surface area (Å²) in [5, 5.41) is 5.81. The van der Waals surface area contributed by atoms with Gasteiger partial charge in [-0.1, -0.05) is 18.7 Å². The monoisotopic (exact) mass is 286 g/mol. The summed E-state index contributed by atoms with van der Waals surface area (Å²) in [6.07, 6.45) is 3.26. The lowest BCUT2D eigenvalue weighted by molar-refractivity contribution is -0.119. The topological polar surface area (TPSA) is 63.5 Å². The summed E-state index contributed by atoms with van der Waals surface area (Å²) in [4.78, 5) is 11.7. The van der Waals surface area contributed by atoms with Gasteiger partial charge >= 0.3 is 0 Å². The molecule has 5 heteroatoms. The minimum Gasteiger partial charge on any atom is -0.489 e. The van der Waals surface area contributed by atoms with E-state index in [0.717, 1.165) is 17.2 Å². The fraction of sp³-hybridized carbons (Fsp3) is 0.188. The lowest BCUT2D eigenvalue weighted by atomic mass is 10.3. The Labute approximate surface area is 123 Å². The lowest BCUT2D eigenvalue weighted by Crippen LogP contribution is -2.29. The second-order valence-electron chi connectivity index (χ2n) is 4.34. The summed E-state index contributed by atoms with van der Waals surface area (Å²) in [6.45, 7) is 4.62. The standard InChI is InChI=1S/C16H18N2O3/c1-2-8-20-14-6-3-5-13(10-14)17-12-16(19)18-11-15-7-4-9-21-15/h2-7,9-10,17H,1,8,11-12H2,(H,18,19). The van der Waals surface area contributed by atoms with Crippen molar-refractivity contribution in [1.29, 1.82) is 0 Å². The van der Waals surface area contributed by atoms with Crippen molar-refractivity contribution in [2.45, 2.75) is 6.54 Å². The summed E-state index contributed by atoms with van der Waals surface area (Å²) in [5.41, 5.74) is 0.824. The highest BCUT2D eigenvalue weighted by molar-refractivity contribution is 5.80. The first-order valence-corrected chi connectivity index (χ1v) is 6.64. The first kappa shape index (κ1) is 14.7. The van der Waals surface area contributed by atoms with Crippen molar-refractivity contribution in [1.82, 2.24) is 5.32 Å². The van der Waals surface area contributed by atoms with E-state index in [1.54, 1.807) is 18.4 Å². The highest BCUT2D eigenvalue weighted by atomic mass is 16.5. The molecule has 0 unspecified atom stereocenters. The zero-order valence-corrected chi connectivity index (χ0v) is 11.7. The van der Waals surface area contributed by atoms with Crippen molar-refractivity contribution in [2.75, 3.05) is 18.5 Å². The molecular formula is C16H18N2O3. The molecule has 0 fully saturated rings. The van der Waals surface area contributed by atoms with Crippen LogP contribution in [0.15, 0.2) is 59.7 Å². The molecule has 0 radical (unpaired) electrons. The third-order valence-corrected chi connectivity index (χ3v) is 2.69. The van der Waals surface area contributed by atoms with Gasteiger partial charge in [-0.25, -0.2) is 0 Å². The average molecular weight is 286 g/mol. The second kappa shape index (κ2) is 7.79. The number of hydrogen-bond donors (Lipinski definition) is 2. The number of amides is 1. The van der Waals surface area contributed by atoms with Crippen LogP contribution in [0.25, 0.3) is 0 Å². The predicted octanol–water partition coefficient (Wildman–Crippen LogP) is 2.57. The van der Waals surface area contributed by atoms with E-state index in [4.69, 9.17) is 9.15 Å². The number of benzene rings is 1. The maximum atomic E-state index is 11.7. The molecule has 2 N–H and O–H groups in total. The van der Waals surface area contributed by atoms with Crippen LogP contribution >= 0.6 is 0 Å². The van der Waals surface area contributed by atoms with Crippen LogP contribution in [0.1, 0.15) is 5.76 Å². The van der Waals surface area contributed by atoms with Crippen LogP contribution in [-0.4, -0.2) is 19.1 Å². The zero-order chi connectivity index (χ0) is 14.9. The van der Waals surface area contributed by atoms with Crippen LogP contribution in [0.2, 0.25) is 0 Å². The Kier molecular flexibility index (Phi) is 5.46. The number of anilines is 1. The maximum Gasteiger partial charge on any atom is 0.239 e. The molecule has 0 aliphatic carbocycles. The number of ether oxygens (including phenoxy) is 1. The Morgan fingerprint density at radius 3 is 3.00 bits per heavy atom. The van der Waals surface area contributed by atoms with Gasteiger partial charge in [0.15, 0.2) is 0 Å². The van der Waals surface area contributed by atoms with Crippen molar-refractivity contribution in [2.24, 2.45) is 0 Å². The van der Waals surface area contributed by atoms with Gasteiger partial charge in [0.2, 0.25) is 5.91 Å². The number of carbonyl (C=O) groups is 1. The molecule has 0 aliphatic rings. The van der Waals surface area contributed by atoms with Gasteiger partial charge in [0.05, 0.1) is 19.4 Å². The molecule has 21 heavy (non-hydrogen) atoms. The van der Waals surface area contributed by atoms with E-state index in [9.17, 15) is 4.79 Å². The molecule has 1 amide bonds. The van der Waals surface area contributed by atoms with Crippen LogP contribution in [0, 0.1) is 0 Å². The summed E-state index contributed by atoms with van der Waals surface area (Å²) in [7, 11) is 0. The SMILES string of the molecule is C=CCOc1cccc(NCC(=O)NCc2ccco2)c1. The third-order valence-electron chi connectivity index (χ3n) is 2.69. The first-order valence-electron chi connectivity index (χ1n) is 6.64. The number of hydrogen-bond acceptors (Lipinski definition) is 4. The van der Waals surface area contributed by atoms with Gasteiger partial charge in [0.1, 0.15) is 18.1 Å². The minimum absolute atomic E-state index is 0.108. The number of carbonyl (C=O) groups excluding carboxylic acids is 1. The molecule has 0 spiro atoms. The molecule has 0 saturated heterocycles. The number of furan rings is 1. The summed E-state index contributed by atoms with van der Waals surface area (Å²) in [6, 6.07) is 11.0. The van der Waals surface area contributed by atoms with Crippen LogP contribution in [0.4, 0.5) is 5.69 Å². The average Bonchev–Trinajstić information content (AvgIpc) is 3.03. The first-order chi connectivity index (χ1) is 10.3. The quantitative estimate of drug-likeness (QED) is 0.732. The zero-order valence-electron chi connectivity index (χ0n) is 11.7. The maximum absolute atomic E-state index is 11.7. The van der Waals surface area contributed by atoms with Gasteiger partial charge in [0, 0.05) is 11.8 Å². The van der Waals surface area contributed by atoms with Crippen molar-refractivity contribution >= 4 is 11.6 Å². The van der Waals surface area contributed by atoms with E-state index >= 15 is 0 Å². The van der Waals surface area contributed by atoms with E-state index in [1.807, 2.05) is 30.3 Å². The second-order valence-corrected chi connectivity index (χ2v) is 4.34. The molecule has 110 valence electrons. The summed E-state index contributed by atoms with van der Waals surface area (Å²) < 4.78 is 10.6. The van der Waals surface area contributed by atoms with Crippen molar-refractivity contribution in [3.63, 3.8) is 0 Å². The largest absolute Gasteiger partial charge is 0.489 e. The molecule has 0 aliphatic heterocycles. The van der Waals surface area contributed by atoms with E-state index < -0.39 is 0 Å². The Balaban J connectivity index is 1.76. The predicted molar refractivity (Wildman–Crippen MR) is 81.2 cm³/mol. The summed E-state index contributed by atoms with van der Waals surface area (Å²) >= 11 is 0. The normalized spacial score (nSPS) is 9.90. The van der Waals surface area contributed by atoms with Gasteiger partial charge in [0.25, 0.3) is 0 Å². The Hall–Kier alpha value is -2.69. The molecule has 1 heterocycles. The van der Waals surface area contributed by atoms with Crippen LogP contribution in [-0.2, 0) is 11.3 Å². The van der Waals surface area contributed by atoms with Crippen LogP contribution in [0.3, 0.4) is 0 Å². The van der Waals surface area contributed by atoms with E-state index in [-0.39, 0.29) is 12.5 Å². The van der Waals surface area contributed by atoms with Gasteiger partial charge in [-0.3, -0.25) is 4.79 Å². The lowest BCUT2D eigenvalue weighted by Gasteiger charge is -2.09. The minimum atomic E-state index is -0.108. The fourth-order valence-electron chi connectivity index (χ4n) is 1.69. The molecule has 5 nitrogen and oxygen atoms in total. The van der Waals surface area contributed by atoms with Gasteiger partial charge in [-0.15, -0.1) is 0 Å². The molecule has 0 bridgehead atoms. The fourth-order valence-corrected chi connectivity index (χ4v) is 1.69. The molecule has 2 rings (SSSR count). The van der Waals surface area contributed by atoms with E-state index in [0.29, 0.717) is 13.2 Å². The molecule has 0 saturated carbocycles. The highest BCUT2D eigenvalue weighted by Gasteiger charge is 2.03. The molecule has 1 aromatic heterocycles. The van der Waals surface area contributed by atoms with Gasteiger partial charge < -0.3 is 19.8 Å². The third kappa shape index (κ3) is 5.06. The molecule has 0 atom stereocenters. The number of nitrogens with one attached hydrogen (secondary N) is 2. The smallest absolute Gasteiger partial charge is 0.239 e. The van der Waals surface area contributed by atoms with Crippen molar-refractivity contribution < 1.29 is 13.9 Å². The van der Waals surface area contributed by atoms with Crippen molar-refractivity contribution in [3.8, 4) is 5.75 Å². The molecule has 1 aromatic carbocycles. The van der Waals surface area contributed by atoms with Gasteiger partial charge in [-0.2, -0.15) is 0 Å². The number of rotatable bonds is 8. The summed E-state index contributed by atoms with van der Waals surface area (Å²) in [5.74, 6) is 1.35. The van der Waals surface area contributed by atoms with Crippen LogP contribution < -0.4 is 15.4 Å². The van der Waals surface area contributed by atoms with Crippen LogP contribution in [0.5, 0.6) is 5.75 Å². The van der Waals surface area contributed by atoms with E-state index in [2.05, 4.69) is 17.2 Å². The Bertz CT molecular complexity index is 579. The van der Waals surface area contributed by atoms with Gasteiger partial charge in [-0.05, 0) is 24.3 Å². The highest BCUT2D eigenvalue weighted by Crippen LogP contribution is 2.16. The van der Waals surface area contributed by atoms with E-state index in [1.165, 1.54) is 0 Å². The molecular weight excluding hydrogens is 268 g/mol. The molecule has 2 aromatic rings.